The summed E-state index contributed by atoms with van der Waals surface area (Å²) in [6.07, 6.45) is -0.534. The average molecular weight is 235 g/mol. The molecule has 1 fully saturated rings. The van der Waals surface area contributed by atoms with Gasteiger partial charge in [0.05, 0.1) is 7.11 Å². The van der Waals surface area contributed by atoms with E-state index in [4.69, 9.17) is 0 Å². The van der Waals surface area contributed by atoms with Crippen LogP contribution >= 0.6 is 0 Å². The molecule has 3 amide bonds. The van der Waals surface area contributed by atoms with Crippen molar-refractivity contribution in [3.63, 3.8) is 0 Å². The molecule has 17 heavy (non-hydrogen) atoms. The predicted molar refractivity (Wildman–Crippen MR) is 63.2 cm³/mol. The third kappa shape index (κ3) is 2.47. The number of methoxy groups -OCH3 is 1. The number of amides is 3. The second-order valence-corrected chi connectivity index (χ2v) is 3.55. The van der Waals surface area contributed by atoms with E-state index in [-0.39, 0.29) is 6.03 Å². The topological polar surface area (TPSA) is 70.7 Å². The second kappa shape index (κ2) is 4.73. The number of urea groups is 1. The highest BCUT2D eigenvalue weighted by atomic mass is 16.5. The van der Waals surface area contributed by atoms with E-state index in [1.807, 2.05) is 6.07 Å². The maximum Gasteiger partial charge on any atom is 0.411 e. The van der Waals surface area contributed by atoms with Crippen molar-refractivity contribution in [2.75, 3.05) is 30.4 Å². The number of hydrogen-bond donors (Lipinski definition) is 2. The van der Waals surface area contributed by atoms with Gasteiger partial charge in [-0.3, -0.25) is 10.2 Å². The van der Waals surface area contributed by atoms with E-state index < -0.39 is 6.09 Å². The molecule has 2 rings (SSSR count). The Bertz CT molecular complexity index is 447. The maximum atomic E-state index is 11.5. The minimum absolute atomic E-state index is 0.125. The van der Waals surface area contributed by atoms with Crippen LogP contribution in [0.1, 0.15) is 0 Å². The zero-order valence-electron chi connectivity index (χ0n) is 9.40. The van der Waals surface area contributed by atoms with Gasteiger partial charge in [0.1, 0.15) is 0 Å². The summed E-state index contributed by atoms with van der Waals surface area (Å²) < 4.78 is 4.50. The van der Waals surface area contributed by atoms with Gasteiger partial charge in [-0.15, -0.1) is 0 Å². The highest BCUT2D eigenvalue weighted by Crippen LogP contribution is 2.20. The number of nitrogens with one attached hydrogen (secondary N) is 2. The van der Waals surface area contributed by atoms with Crippen LogP contribution in [-0.4, -0.2) is 32.3 Å². The Morgan fingerprint density at radius 1 is 1.53 bits per heavy atom. The van der Waals surface area contributed by atoms with Crippen LogP contribution in [0.2, 0.25) is 0 Å². The van der Waals surface area contributed by atoms with Crippen LogP contribution in [0.3, 0.4) is 0 Å². The number of nitrogens with zero attached hydrogens (tertiary/aromatic N) is 1. The fourth-order valence-electron chi connectivity index (χ4n) is 1.64. The van der Waals surface area contributed by atoms with E-state index in [9.17, 15) is 9.59 Å². The second-order valence-electron chi connectivity index (χ2n) is 3.55. The lowest BCUT2D eigenvalue weighted by molar-refractivity contribution is 0.187. The zero-order chi connectivity index (χ0) is 12.3. The van der Waals surface area contributed by atoms with Crippen LogP contribution in [0.5, 0.6) is 0 Å². The van der Waals surface area contributed by atoms with Gasteiger partial charge in [0, 0.05) is 24.5 Å². The van der Waals surface area contributed by atoms with Crippen molar-refractivity contribution in [2.45, 2.75) is 0 Å². The van der Waals surface area contributed by atoms with Gasteiger partial charge in [-0.2, -0.15) is 0 Å². The molecule has 1 aromatic carbocycles. The van der Waals surface area contributed by atoms with Crippen LogP contribution in [0.4, 0.5) is 21.0 Å². The number of benzene rings is 1. The third-order valence-electron chi connectivity index (χ3n) is 2.45. The van der Waals surface area contributed by atoms with Gasteiger partial charge in [-0.1, -0.05) is 6.07 Å². The lowest BCUT2D eigenvalue weighted by Gasteiger charge is -2.15. The predicted octanol–water partition coefficient (Wildman–Crippen LogP) is 1.39. The van der Waals surface area contributed by atoms with E-state index in [1.165, 1.54) is 7.11 Å². The van der Waals surface area contributed by atoms with Crippen molar-refractivity contribution in [3.05, 3.63) is 24.3 Å². The van der Waals surface area contributed by atoms with Crippen molar-refractivity contribution in [1.29, 1.82) is 0 Å². The monoisotopic (exact) mass is 235 g/mol. The van der Waals surface area contributed by atoms with Gasteiger partial charge in [-0.05, 0) is 18.2 Å². The lowest BCUT2D eigenvalue weighted by atomic mass is 10.2. The van der Waals surface area contributed by atoms with Gasteiger partial charge in [-0.25, -0.2) is 9.59 Å². The zero-order valence-corrected chi connectivity index (χ0v) is 9.40. The highest BCUT2D eigenvalue weighted by molar-refractivity contribution is 5.95. The molecular weight excluding hydrogens is 222 g/mol. The van der Waals surface area contributed by atoms with E-state index in [0.717, 1.165) is 5.69 Å². The molecule has 6 nitrogen and oxygen atoms in total. The van der Waals surface area contributed by atoms with Gasteiger partial charge >= 0.3 is 12.1 Å². The van der Waals surface area contributed by atoms with E-state index in [0.29, 0.717) is 18.8 Å². The largest absolute Gasteiger partial charge is 0.453 e. The summed E-state index contributed by atoms with van der Waals surface area (Å²) in [5.41, 5.74) is 1.34. The van der Waals surface area contributed by atoms with Gasteiger partial charge in [0.15, 0.2) is 0 Å². The van der Waals surface area contributed by atoms with Crippen LogP contribution in [0.15, 0.2) is 24.3 Å². The molecule has 0 spiro atoms. The minimum atomic E-state index is -0.534. The van der Waals surface area contributed by atoms with E-state index >= 15 is 0 Å². The van der Waals surface area contributed by atoms with Gasteiger partial charge < -0.3 is 10.1 Å². The van der Waals surface area contributed by atoms with E-state index in [1.54, 1.807) is 23.1 Å². The molecule has 1 aliphatic rings. The first kappa shape index (κ1) is 11.3. The smallest absolute Gasteiger partial charge is 0.411 e. The minimum Gasteiger partial charge on any atom is -0.453 e. The molecule has 0 saturated carbocycles. The Hall–Kier alpha value is -2.24. The molecule has 1 heterocycles. The molecule has 0 radical (unpaired) electrons. The first-order chi connectivity index (χ1) is 8.20. The summed E-state index contributed by atoms with van der Waals surface area (Å²) in [6, 6.07) is 6.91. The number of hydrogen-bond acceptors (Lipinski definition) is 3. The molecule has 6 heteroatoms. The van der Waals surface area contributed by atoms with Crippen molar-refractivity contribution < 1.29 is 14.3 Å². The summed E-state index contributed by atoms with van der Waals surface area (Å²) in [5, 5.41) is 5.27. The number of anilines is 2. The summed E-state index contributed by atoms with van der Waals surface area (Å²) in [4.78, 5) is 24.1. The van der Waals surface area contributed by atoms with Crippen LogP contribution in [0.25, 0.3) is 0 Å². The molecular formula is C11H13N3O3. The van der Waals surface area contributed by atoms with Crippen molar-refractivity contribution >= 4 is 23.5 Å². The van der Waals surface area contributed by atoms with Crippen LogP contribution in [0, 0.1) is 0 Å². The van der Waals surface area contributed by atoms with E-state index in [2.05, 4.69) is 15.4 Å². The van der Waals surface area contributed by atoms with Crippen LogP contribution in [-0.2, 0) is 4.74 Å². The fraction of sp³-hybridized carbons (Fsp3) is 0.273. The van der Waals surface area contributed by atoms with Gasteiger partial charge in [0.25, 0.3) is 0 Å². The summed E-state index contributed by atoms with van der Waals surface area (Å²) >= 11 is 0. The third-order valence-corrected chi connectivity index (χ3v) is 2.45. The average Bonchev–Trinajstić information content (AvgIpc) is 2.75. The molecule has 0 bridgehead atoms. The normalized spacial score (nSPS) is 14.4. The van der Waals surface area contributed by atoms with Gasteiger partial charge in [0.2, 0.25) is 0 Å². The maximum absolute atomic E-state index is 11.5. The SMILES string of the molecule is COC(=O)Nc1cccc(N2CCNC2=O)c1. The molecule has 1 aliphatic heterocycles. The Labute approximate surface area is 98.5 Å². The number of rotatable bonds is 2. The molecule has 2 N–H and O–H groups in total. The van der Waals surface area contributed by atoms with Crippen molar-refractivity contribution in [3.8, 4) is 0 Å². The Balaban J connectivity index is 2.16. The molecule has 1 saturated heterocycles. The standard InChI is InChI=1S/C11H13N3O3/c1-17-11(16)13-8-3-2-4-9(7-8)14-6-5-12-10(14)15/h2-4,7H,5-6H2,1H3,(H,12,15)(H,13,16). The summed E-state index contributed by atoms with van der Waals surface area (Å²) in [6.45, 7) is 1.26. The molecule has 0 atom stereocenters. The highest BCUT2D eigenvalue weighted by Gasteiger charge is 2.21. The summed E-state index contributed by atoms with van der Waals surface area (Å²) in [7, 11) is 1.30. The molecule has 0 aliphatic carbocycles. The van der Waals surface area contributed by atoms with Crippen molar-refractivity contribution in [1.82, 2.24) is 5.32 Å². The Morgan fingerprint density at radius 3 is 3.00 bits per heavy atom. The number of carbonyl (C=O) groups is 2. The fourth-order valence-corrected chi connectivity index (χ4v) is 1.64. The molecule has 0 unspecified atom stereocenters. The first-order valence-electron chi connectivity index (χ1n) is 5.21. The number of carbonyl (C=O) groups excluding carboxylic acids is 2. The van der Waals surface area contributed by atoms with Crippen molar-refractivity contribution in [2.24, 2.45) is 0 Å². The first-order valence-corrected chi connectivity index (χ1v) is 5.21. The quantitative estimate of drug-likeness (QED) is 0.813. The summed E-state index contributed by atoms with van der Waals surface area (Å²) in [5.74, 6) is 0. The van der Waals surface area contributed by atoms with Crippen LogP contribution < -0.4 is 15.5 Å². The molecule has 90 valence electrons. The Kier molecular flexibility index (Phi) is 3.13. The number of ether oxygens (including phenoxy) is 1. The Morgan fingerprint density at radius 2 is 2.35 bits per heavy atom. The molecule has 1 aromatic rings. The lowest BCUT2D eigenvalue weighted by Crippen LogP contribution is -2.27. The molecule has 0 aromatic heterocycles.